The molecule has 0 saturated carbocycles. The maximum atomic E-state index is 4.32. The van der Waals surface area contributed by atoms with Gasteiger partial charge in [0.25, 0.3) is 0 Å². The van der Waals surface area contributed by atoms with Gasteiger partial charge in [-0.1, -0.05) is 19.9 Å². The molecule has 96 valence electrons. The van der Waals surface area contributed by atoms with Crippen LogP contribution >= 0.6 is 11.9 Å². The Balaban J connectivity index is 0.000000686. The molecule has 17 heavy (non-hydrogen) atoms. The first-order chi connectivity index (χ1) is 8.34. The maximum absolute atomic E-state index is 4.32. The van der Waals surface area contributed by atoms with E-state index in [9.17, 15) is 0 Å². The highest BCUT2D eigenvalue weighted by atomic mass is 32.2. The van der Waals surface area contributed by atoms with Crippen LogP contribution in [0.25, 0.3) is 0 Å². The lowest BCUT2D eigenvalue weighted by molar-refractivity contribution is 0.532. The van der Waals surface area contributed by atoms with Crippen molar-refractivity contribution in [2.24, 2.45) is 0 Å². The van der Waals surface area contributed by atoms with E-state index in [1.807, 2.05) is 26.1 Å². The summed E-state index contributed by atoms with van der Waals surface area (Å²) < 4.78 is 3.32. The van der Waals surface area contributed by atoms with E-state index >= 15 is 0 Å². The molecule has 2 heterocycles. The zero-order chi connectivity index (χ0) is 12.5. The predicted octanol–water partition coefficient (Wildman–Crippen LogP) is 3.23. The van der Waals surface area contributed by atoms with Crippen molar-refractivity contribution in [2.45, 2.75) is 38.9 Å². The summed E-state index contributed by atoms with van der Waals surface area (Å²) in [6, 6.07) is 4.11. The number of hydrogen-bond acceptors (Lipinski definition) is 4. The SMILES string of the molecule is CC.Cc1ccc(NSC2CCNCC2)nc1. The fourth-order valence-electron chi connectivity index (χ4n) is 1.59. The van der Waals surface area contributed by atoms with Crippen LogP contribution in [0, 0.1) is 6.92 Å². The lowest BCUT2D eigenvalue weighted by Gasteiger charge is -2.21. The van der Waals surface area contributed by atoms with Gasteiger partial charge in [0.2, 0.25) is 0 Å². The second-order valence-electron chi connectivity index (χ2n) is 3.89. The molecule has 1 saturated heterocycles. The van der Waals surface area contributed by atoms with Gasteiger partial charge in [0.05, 0.1) is 0 Å². The average molecular weight is 253 g/mol. The summed E-state index contributed by atoms with van der Waals surface area (Å²) in [6.45, 7) is 8.33. The summed E-state index contributed by atoms with van der Waals surface area (Å²) in [7, 11) is 0. The second kappa shape index (κ2) is 8.37. The van der Waals surface area contributed by atoms with Crippen molar-refractivity contribution in [1.29, 1.82) is 0 Å². The van der Waals surface area contributed by atoms with Gasteiger partial charge in [-0.15, -0.1) is 0 Å². The summed E-state index contributed by atoms with van der Waals surface area (Å²) in [5.74, 6) is 0.962. The molecule has 0 spiro atoms. The molecule has 0 bridgehead atoms. The van der Waals surface area contributed by atoms with Crippen LogP contribution in [-0.2, 0) is 0 Å². The number of aryl methyl sites for hydroxylation is 1. The third kappa shape index (κ3) is 5.41. The normalized spacial score (nSPS) is 15.9. The summed E-state index contributed by atoms with van der Waals surface area (Å²) in [6.07, 6.45) is 4.37. The number of piperidine rings is 1. The fourth-order valence-corrected chi connectivity index (χ4v) is 2.46. The van der Waals surface area contributed by atoms with Crippen LogP contribution in [0.15, 0.2) is 18.3 Å². The smallest absolute Gasteiger partial charge is 0.135 e. The molecule has 0 aromatic carbocycles. The van der Waals surface area contributed by atoms with E-state index in [1.54, 1.807) is 11.9 Å². The monoisotopic (exact) mass is 253 g/mol. The highest BCUT2D eigenvalue weighted by Crippen LogP contribution is 2.21. The summed E-state index contributed by atoms with van der Waals surface area (Å²) >= 11 is 1.80. The molecule has 1 aliphatic rings. The Morgan fingerprint density at radius 3 is 2.59 bits per heavy atom. The van der Waals surface area contributed by atoms with Crippen molar-refractivity contribution >= 4 is 17.8 Å². The van der Waals surface area contributed by atoms with Gasteiger partial charge in [0, 0.05) is 11.4 Å². The summed E-state index contributed by atoms with van der Waals surface area (Å²) in [4.78, 5) is 4.32. The molecule has 0 amide bonds. The molecule has 1 aliphatic heterocycles. The standard InChI is InChI=1S/C11H17N3S.C2H6/c1-9-2-3-11(13-8-9)14-15-10-4-6-12-7-5-10;1-2/h2-3,8,10,12H,4-7H2,1H3,(H,13,14);1-2H3. The van der Waals surface area contributed by atoms with Crippen LogP contribution in [-0.4, -0.2) is 23.3 Å². The van der Waals surface area contributed by atoms with Crippen LogP contribution in [0.1, 0.15) is 32.3 Å². The first kappa shape index (κ1) is 14.3. The number of nitrogens with zero attached hydrogens (tertiary/aromatic N) is 1. The molecular weight excluding hydrogens is 230 g/mol. The Kier molecular flexibility index (Phi) is 7.05. The van der Waals surface area contributed by atoms with Gasteiger partial charge in [0.15, 0.2) is 0 Å². The Morgan fingerprint density at radius 2 is 2.00 bits per heavy atom. The largest absolute Gasteiger partial charge is 0.317 e. The average Bonchev–Trinajstić information content (AvgIpc) is 2.42. The minimum Gasteiger partial charge on any atom is -0.317 e. The van der Waals surface area contributed by atoms with Crippen molar-refractivity contribution in [3.8, 4) is 0 Å². The minimum atomic E-state index is 0.717. The molecule has 1 aromatic rings. The molecule has 0 aliphatic carbocycles. The molecule has 1 aromatic heterocycles. The molecule has 0 unspecified atom stereocenters. The van der Waals surface area contributed by atoms with Gasteiger partial charge >= 0.3 is 0 Å². The van der Waals surface area contributed by atoms with Crippen molar-refractivity contribution < 1.29 is 0 Å². The Morgan fingerprint density at radius 1 is 1.29 bits per heavy atom. The molecule has 3 nitrogen and oxygen atoms in total. The third-order valence-corrected chi connectivity index (χ3v) is 3.66. The minimum absolute atomic E-state index is 0.717. The third-order valence-electron chi connectivity index (χ3n) is 2.53. The van der Waals surface area contributed by atoms with Crippen molar-refractivity contribution in [3.05, 3.63) is 23.9 Å². The zero-order valence-corrected chi connectivity index (χ0v) is 11.8. The van der Waals surface area contributed by atoms with Crippen LogP contribution in [0.3, 0.4) is 0 Å². The number of anilines is 1. The molecule has 4 heteroatoms. The first-order valence-corrected chi connectivity index (χ1v) is 7.27. The van der Waals surface area contributed by atoms with E-state index in [1.165, 1.54) is 18.4 Å². The van der Waals surface area contributed by atoms with E-state index in [0.29, 0.717) is 5.25 Å². The Bertz CT molecular complexity index is 294. The molecule has 0 atom stereocenters. The number of hydrogen-bond donors (Lipinski definition) is 2. The van der Waals surface area contributed by atoms with E-state index < -0.39 is 0 Å². The number of nitrogens with one attached hydrogen (secondary N) is 2. The van der Waals surface area contributed by atoms with Gasteiger partial charge in [-0.3, -0.25) is 0 Å². The quantitative estimate of drug-likeness (QED) is 0.811. The van der Waals surface area contributed by atoms with Crippen molar-refractivity contribution in [1.82, 2.24) is 10.3 Å². The molecule has 1 fully saturated rings. The molecular formula is C13H23N3S. The van der Waals surface area contributed by atoms with Crippen LogP contribution < -0.4 is 10.0 Å². The summed E-state index contributed by atoms with van der Waals surface area (Å²) in [5.41, 5.74) is 1.20. The number of pyridine rings is 1. The lowest BCUT2D eigenvalue weighted by atomic mass is 10.2. The van der Waals surface area contributed by atoms with Crippen LogP contribution in [0.4, 0.5) is 5.82 Å². The highest BCUT2D eigenvalue weighted by molar-refractivity contribution is 8.01. The van der Waals surface area contributed by atoms with Crippen molar-refractivity contribution in [3.63, 3.8) is 0 Å². The Hall–Kier alpha value is -0.740. The van der Waals surface area contributed by atoms with Crippen molar-refractivity contribution in [2.75, 3.05) is 17.8 Å². The maximum Gasteiger partial charge on any atom is 0.135 e. The van der Waals surface area contributed by atoms with Gasteiger partial charge in [0.1, 0.15) is 5.82 Å². The Labute approximate surface area is 109 Å². The molecule has 2 N–H and O–H groups in total. The zero-order valence-electron chi connectivity index (χ0n) is 11.0. The fraction of sp³-hybridized carbons (Fsp3) is 0.615. The predicted molar refractivity (Wildman–Crippen MR) is 77.4 cm³/mol. The van der Waals surface area contributed by atoms with Gasteiger partial charge in [-0.05, 0) is 56.4 Å². The number of aromatic nitrogens is 1. The van der Waals surface area contributed by atoms with Gasteiger partial charge in [-0.2, -0.15) is 0 Å². The van der Waals surface area contributed by atoms with E-state index in [2.05, 4.69) is 28.0 Å². The molecule has 2 rings (SSSR count). The topological polar surface area (TPSA) is 37.0 Å². The number of rotatable bonds is 3. The highest BCUT2D eigenvalue weighted by Gasteiger charge is 2.13. The van der Waals surface area contributed by atoms with Crippen LogP contribution in [0.2, 0.25) is 0 Å². The lowest BCUT2D eigenvalue weighted by Crippen LogP contribution is -2.29. The first-order valence-electron chi connectivity index (χ1n) is 6.39. The summed E-state index contributed by atoms with van der Waals surface area (Å²) in [5, 5.41) is 4.08. The van der Waals surface area contributed by atoms with Gasteiger partial charge < -0.3 is 10.0 Å². The van der Waals surface area contributed by atoms with E-state index in [-0.39, 0.29) is 0 Å². The molecule has 0 radical (unpaired) electrons. The van der Waals surface area contributed by atoms with Crippen LogP contribution in [0.5, 0.6) is 0 Å². The van der Waals surface area contributed by atoms with E-state index in [0.717, 1.165) is 18.9 Å². The van der Waals surface area contributed by atoms with Gasteiger partial charge in [-0.25, -0.2) is 4.98 Å². The van der Waals surface area contributed by atoms with E-state index in [4.69, 9.17) is 0 Å². The second-order valence-corrected chi connectivity index (χ2v) is 5.00.